The van der Waals surface area contributed by atoms with E-state index in [0.29, 0.717) is 10.0 Å². The lowest BCUT2D eigenvalue weighted by molar-refractivity contribution is -0.385. The van der Waals surface area contributed by atoms with Gasteiger partial charge in [-0.15, -0.1) is 0 Å². The number of nitro groups is 1. The minimum Gasteiger partial charge on any atom is -0.469 e. The van der Waals surface area contributed by atoms with E-state index in [-0.39, 0.29) is 16.7 Å². The van der Waals surface area contributed by atoms with Gasteiger partial charge in [0.25, 0.3) is 5.69 Å². The monoisotopic (exact) mass is 352 g/mol. The van der Waals surface area contributed by atoms with Crippen molar-refractivity contribution in [1.29, 1.82) is 0 Å². The van der Waals surface area contributed by atoms with E-state index in [9.17, 15) is 10.1 Å². The molecule has 2 rings (SSSR count). The van der Waals surface area contributed by atoms with Crippen molar-refractivity contribution >= 4 is 27.3 Å². The van der Waals surface area contributed by atoms with Crippen molar-refractivity contribution < 1.29 is 9.34 Å². The van der Waals surface area contributed by atoms with Crippen molar-refractivity contribution in [3.63, 3.8) is 0 Å². The van der Waals surface area contributed by atoms with Gasteiger partial charge in [0.05, 0.1) is 11.2 Å². The van der Waals surface area contributed by atoms with E-state index in [2.05, 4.69) is 28.2 Å². The number of benzene rings is 1. The Morgan fingerprint density at radius 1 is 1.48 bits per heavy atom. The highest BCUT2D eigenvalue weighted by Crippen LogP contribution is 2.31. The molecule has 0 amide bonds. The summed E-state index contributed by atoms with van der Waals surface area (Å²) in [7, 11) is 0. The molecule has 112 valence electrons. The Balaban J connectivity index is 2.02. The molecule has 0 aliphatic rings. The van der Waals surface area contributed by atoms with Crippen molar-refractivity contribution in [2.75, 3.05) is 5.32 Å². The van der Waals surface area contributed by atoms with Crippen LogP contribution >= 0.6 is 15.9 Å². The quantitative estimate of drug-likeness (QED) is 0.604. The van der Waals surface area contributed by atoms with Crippen molar-refractivity contribution in [2.45, 2.75) is 32.7 Å². The molecule has 0 radical (unpaired) electrons. The number of rotatable bonds is 6. The Hall–Kier alpha value is -1.82. The SMILES string of the molecule is Cc1cc(NC(C)CCc2ccco2)c(Br)cc1[N+](=O)[O-]. The number of halogens is 1. The van der Waals surface area contributed by atoms with Crippen LogP contribution in [-0.4, -0.2) is 11.0 Å². The Kier molecular flexibility index (Phi) is 5.01. The molecule has 1 unspecified atom stereocenters. The Morgan fingerprint density at radius 2 is 2.24 bits per heavy atom. The fourth-order valence-corrected chi connectivity index (χ4v) is 2.58. The van der Waals surface area contributed by atoms with Gasteiger partial charge in [0.2, 0.25) is 0 Å². The summed E-state index contributed by atoms with van der Waals surface area (Å²) in [6, 6.07) is 7.40. The van der Waals surface area contributed by atoms with Crippen LogP contribution in [0.2, 0.25) is 0 Å². The number of hydrogen-bond acceptors (Lipinski definition) is 4. The third kappa shape index (κ3) is 4.07. The van der Waals surface area contributed by atoms with Gasteiger partial charge in [-0.2, -0.15) is 0 Å². The van der Waals surface area contributed by atoms with E-state index >= 15 is 0 Å². The molecule has 1 aromatic carbocycles. The molecule has 0 aliphatic carbocycles. The molecule has 0 saturated carbocycles. The summed E-state index contributed by atoms with van der Waals surface area (Å²) in [6.07, 6.45) is 3.43. The van der Waals surface area contributed by atoms with Gasteiger partial charge < -0.3 is 9.73 Å². The molecule has 1 heterocycles. The first-order chi connectivity index (χ1) is 9.97. The van der Waals surface area contributed by atoms with Crippen LogP contribution in [0.4, 0.5) is 11.4 Å². The van der Waals surface area contributed by atoms with E-state index in [1.54, 1.807) is 19.3 Å². The van der Waals surface area contributed by atoms with Gasteiger partial charge in [-0.25, -0.2) is 0 Å². The number of nitro benzene ring substituents is 1. The number of nitrogens with one attached hydrogen (secondary N) is 1. The number of anilines is 1. The lowest BCUT2D eigenvalue weighted by Gasteiger charge is -2.16. The van der Waals surface area contributed by atoms with Crippen LogP contribution in [0, 0.1) is 17.0 Å². The zero-order chi connectivity index (χ0) is 15.4. The van der Waals surface area contributed by atoms with Crippen LogP contribution in [0.3, 0.4) is 0 Å². The summed E-state index contributed by atoms with van der Waals surface area (Å²) in [5.41, 5.74) is 1.63. The molecule has 5 nitrogen and oxygen atoms in total. The van der Waals surface area contributed by atoms with Crippen LogP contribution < -0.4 is 5.32 Å². The van der Waals surface area contributed by atoms with E-state index in [1.165, 1.54) is 6.07 Å². The second kappa shape index (κ2) is 6.76. The summed E-state index contributed by atoms with van der Waals surface area (Å²) >= 11 is 3.38. The standard InChI is InChI=1S/C15H17BrN2O3/c1-10-8-14(13(16)9-15(10)18(19)20)17-11(2)5-6-12-4-3-7-21-12/h3-4,7-9,11,17H,5-6H2,1-2H3. The van der Waals surface area contributed by atoms with Crippen molar-refractivity contribution in [3.8, 4) is 0 Å². The summed E-state index contributed by atoms with van der Waals surface area (Å²) in [5.74, 6) is 0.961. The minimum atomic E-state index is -0.371. The summed E-state index contributed by atoms with van der Waals surface area (Å²) in [4.78, 5) is 10.5. The summed E-state index contributed by atoms with van der Waals surface area (Å²) in [6.45, 7) is 3.81. The maximum Gasteiger partial charge on any atom is 0.273 e. The van der Waals surface area contributed by atoms with Crippen molar-refractivity contribution in [1.82, 2.24) is 0 Å². The molecular weight excluding hydrogens is 336 g/mol. The molecule has 2 aromatic rings. The van der Waals surface area contributed by atoms with E-state index < -0.39 is 0 Å². The highest BCUT2D eigenvalue weighted by molar-refractivity contribution is 9.10. The predicted octanol–water partition coefficient (Wildman–Crippen LogP) is 4.69. The number of hydrogen-bond donors (Lipinski definition) is 1. The van der Waals surface area contributed by atoms with Crippen molar-refractivity contribution in [2.24, 2.45) is 0 Å². The Morgan fingerprint density at radius 3 is 2.86 bits per heavy atom. The molecular formula is C15H17BrN2O3. The summed E-state index contributed by atoms with van der Waals surface area (Å²) < 4.78 is 6.01. The fraction of sp³-hybridized carbons (Fsp3) is 0.333. The average Bonchev–Trinajstić information content (AvgIpc) is 2.93. The van der Waals surface area contributed by atoms with E-state index in [0.717, 1.165) is 24.3 Å². The molecule has 0 spiro atoms. The topological polar surface area (TPSA) is 68.3 Å². The molecule has 0 bridgehead atoms. The number of aryl methyl sites for hydroxylation is 2. The van der Waals surface area contributed by atoms with Gasteiger partial charge >= 0.3 is 0 Å². The molecule has 1 N–H and O–H groups in total. The third-order valence-electron chi connectivity index (χ3n) is 3.29. The first-order valence-corrected chi connectivity index (χ1v) is 7.50. The Bertz CT molecular complexity index is 626. The van der Waals surface area contributed by atoms with E-state index in [4.69, 9.17) is 4.42 Å². The number of furan rings is 1. The zero-order valence-corrected chi connectivity index (χ0v) is 13.5. The zero-order valence-electron chi connectivity index (χ0n) is 11.9. The van der Waals surface area contributed by atoms with Crippen LogP contribution in [0.15, 0.2) is 39.4 Å². The average molecular weight is 353 g/mol. The first-order valence-electron chi connectivity index (χ1n) is 6.71. The lowest BCUT2D eigenvalue weighted by atomic mass is 10.1. The maximum atomic E-state index is 10.9. The largest absolute Gasteiger partial charge is 0.469 e. The highest BCUT2D eigenvalue weighted by Gasteiger charge is 2.15. The van der Waals surface area contributed by atoms with Crippen LogP contribution in [-0.2, 0) is 6.42 Å². The van der Waals surface area contributed by atoms with Crippen LogP contribution in [0.5, 0.6) is 0 Å². The molecule has 1 atom stereocenters. The molecule has 6 heteroatoms. The van der Waals surface area contributed by atoms with Gasteiger partial charge in [0.15, 0.2) is 0 Å². The molecule has 1 aromatic heterocycles. The van der Waals surface area contributed by atoms with Gasteiger partial charge in [-0.1, -0.05) is 0 Å². The normalized spacial score (nSPS) is 12.1. The lowest BCUT2D eigenvalue weighted by Crippen LogP contribution is -2.16. The fourth-order valence-electron chi connectivity index (χ4n) is 2.13. The molecule has 21 heavy (non-hydrogen) atoms. The third-order valence-corrected chi connectivity index (χ3v) is 3.94. The van der Waals surface area contributed by atoms with E-state index in [1.807, 2.05) is 12.1 Å². The summed E-state index contributed by atoms with van der Waals surface area (Å²) in [5, 5.41) is 14.3. The molecule has 0 saturated heterocycles. The molecule has 0 aliphatic heterocycles. The minimum absolute atomic E-state index is 0.121. The molecule has 0 fully saturated rings. The van der Waals surface area contributed by atoms with Crippen LogP contribution in [0.1, 0.15) is 24.7 Å². The predicted molar refractivity (Wildman–Crippen MR) is 85.6 cm³/mol. The maximum absolute atomic E-state index is 10.9. The second-order valence-electron chi connectivity index (χ2n) is 5.04. The highest BCUT2D eigenvalue weighted by atomic mass is 79.9. The van der Waals surface area contributed by atoms with Gasteiger partial charge in [0, 0.05) is 34.3 Å². The van der Waals surface area contributed by atoms with Gasteiger partial charge in [0.1, 0.15) is 5.76 Å². The second-order valence-corrected chi connectivity index (χ2v) is 5.89. The Labute approximate surface area is 131 Å². The first kappa shape index (κ1) is 15.6. The van der Waals surface area contributed by atoms with Crippen molar-refractivity contribution in [3.05, 3.63) is 56.4 Å². The van der Waals surface area contributed by atoms with Gasteiger partial charge in [-0.3, -0.25) is 10.1 Å². The van der Waals surface area contributed by atoms with Crippen LogP contribution in [0.25, 0.3) is 0 Å². The smallest absolute Gasteiger partial charge is 0.273 e. The van der Waals surface area contributed by atoms with Gasteiger partial charge in [-0.05, 0) is 54.4 Å². The number of nitrogens with zero attached hydrogens (tertiary/aromatic N) is 1.